The Bertz CT molecular complexity index is 353. The van der Waals surface area contributed by atoms with Crippen LogP contribution in [0.25, 0.3) is 0 Å². The van der Waals surface area contributed by atoms with E-state index in [1.165, 1.54) is 6.92 Å². The third kappa shape index (κ3) is 1.88. The van der Waals surface area contributed by atoms with Gasteiger partial charge >= 0.3 is 5.97 Å². The van der Waals surface area contributed by atoms with Crippen LogP contribution in [0.15, 0.2) is 12.1 Å². The van der Waals surface area contributed by atoms with Gasteiger partial charge in [-0.05, 0) is 30.2 Å². The van der Waals surface area contributed by atoms with E-state index >= 15 is 0 Å². The number of aryl methyl sites for hydroxylation is 1. The lowest BCUT2D eigenvalue weighted by Gasteiger charge is -2.07. The van der Waals surface area contributed by atoms with E-state index in [0.29, 0.717) is 6.07 Å². The standard InChI is InChI=1S/C9H8F2O3/c1-4-2-5(8(12)9(13)14)3-6(10)7(4)11/h2-3,8,12H,1H3,(H,13,14). The van der Waals surface area contributed by atoms with Gasteiger partial charge in [0.15, 0.2) is 17.7 Å². The summed E-state index contributed by atoms with van der Waals surface area (Å²) in [5.74, 6) is -3.71. The summed E-state index contributed by atoms with van der Waals surface area (Å²) >= 11 is 0. The van der Waals surface area contributed by atoms with Crippen molar-refractivity contribution in [3.05, 3.63) is 34.9 Å². The normalized spacial score (nSPS) is 12.6. The zero-order valence-electron chi connectivity index (χ0n) is 7.29. The Labute approximate surface area is 78.6 Å². The second kappa shape index (κ2) is 3.71. The molecule has 0 aliphatic rings. The summed E-state index contributed by atoms with van der Waals surface area (Å²) in [6.45, 7) is 1.29. The van der Waals surface area contributed by atoms with Gasteiger partial charge in [0.05, 0.1) is 0 Å². The predicted molar refractivity (Wildman–Crippen MR) is 43.7 cm³/mol. The van der Waals surface area contributed by atoms with Gasteiger partial charge in [-0.15, -0.1) is 0 Å². The molecule has 0 spiro atoms. The fourth-order valence-electron chi connectivity index (χ4n) is 1.05. The number of carboxylic acid groups (broad SMARTS) is 1. The van der Waals surface area contributed by atoms with Crippen LogP contribution in [0.1, 0.15) is 17.2 Å². The lowest BCUT2D eigenvalue weighted by molar-refractivity contribution is -0.146. The molecule has 0 aromatic heterocycles. The molecule has 0 bridgehead atoms. The van der Waals surface area contributed by atoms with Crippen LogP contribution in [-0.4, -0.2) is 16.2 Å². The molecule has 5 heteroatoms. The highest BCUT2D eigenvalue weighted by Gasteiger charge is 2.18. The number of aliphatic hydroxyl groups is 1. The summed E-state index contributed by atoms with van der Waals surface area (Å²) in [6.07, 6.45) is -1.83. The van der Waals surface area contributed by atoms with E-state index < -0.39 is 23.7 Å². The van der Waals surface area contributed by atoms with Crippen molar-refractivity contribution in [2.24, 2.45) is 0 Å². The average Bonchev–Trinajstić information content (AvgIpc) is 2.12. The molecule has 0 saturated heterocycles. The average molecular weight is 202 g/mol. The summed E-state index contributed by atoms with van der Waals surface area (Å²) in [5, 5.41) is 17.5. The highest BCUT2D eigenvalue weighted by Crippen LogP contribution is 2.19. The van der Waals surface area contributed by atoms with Gasteiger partial charge in [0, 0.05) is 0 Å². The minimum absolute atomic E-state index is 0.0414. The van der Waals surface area contributed by atoms with Crippen molar-refractivity contribution in [2.45, 2.75) is 13.0 Å². The van der Waals surface area contributed by atoms with Crippen LogP contribution in [-0.2, 0) is 4.79 Å². The number of carbonyl (C=O) groups is 1. The number of rotatable bonds is 2. The number of hydrogen-bond acceptors (Lipinski definition) is 2. The monoisotopic (exact) mass is 202 g/mol. The molecule has 0 fully saturated rings. The van der Waals surface area contributed by atoms with E-state index in [1.54, 1.807) is 0 Å². The molecule has 3 nitrogen and oxygen atoms in total. The molecule has 1 rings (SSSR count). The van der Waals surface area contributed by atoms with Gasteiger partial charge in [0.2, 0.25) is 0 Å². The number of aliphatic carboxylic acids is 1. The Morgan fingerprint density at radius 3 is 2.43 bits per heavy atom. The molecular weight excluding hydrogens is 194 g/mol. The third-order valence-electron chi connectivity index (χ3n) is 1.78. The van der Waals surface area contributed by atoms with Gasteiger partial charge in [-0.1, -0.05) is 0 Å². The first kappa shape index (κ1) is 10.6. The molecule has 0 amide bonds. The van der Waals surface area contributed by atoms with Crippen LogP contribution in [0.2, 0.25) is 0 Å². The van der Waals surface area contributed by atoms with Crippen molar-refractivity contribution >= 4 is 5.97 Å². The molecule has 1 aromatic rings. The smallest absolute Gasteiger partial charge is 0.337 e. The molecule has 0 aliphatic carbocycles. The van der Waals surface area contributed by atoms with Crippen LogP contribution in [0, 0.1) is 18.6 Å². The fraction of sp³-hybridized carbons (Fsp3) is 0.222. The topological polar surface area (TPSA) is 57.5 Å². The SMILES string of the molecule is Cc1cc(C(O)C(=O)O)cc(F)c1F. The van der Waals surface area contributed by atoms with Crippen molar-refractivity contribution in [3.8, 4) is 0 Å². The molecule has 0 aliphatic heterocycles. The number of halogens is 2. The van der Waals surface area contributed by atoms with E-state index in [2.05, 4.69) is 0 Å². The summed E-state index contributed by atoms with van der Waals surface area (Å²) in [4.78, 5) is 10.3. The Hall–Kier alpha value is -1.49. The van der Waals surface area contributed by atoms with E-state index in [0.717, 1.165) is 6.07 Å². The van der Waals surface area contributed by atoms with E-state index in [-0.39, 0.29) is 11.1 Å². The van der Waals surface area contributed by atoms with Gasteiger partial charge in [-0.3, -0.25) is 0 Å². The van der Waals surface area contributed by atoms with Crippen molar-refractivity contribution < 1.29 is 23.8 Å². The maximum atomic E-state index is 12.8. The van der Waals surface area contributed by atoms with E-state index in [1.807, 2.05) is 0 Å². The Kier molecular flexibility index (Phi) is 2.81. The molecule has 1 atom stereocenters. The number of hydrogen-bond donors (Lipinski definition) is 2. The van der Waals surface area contributed by atoms with Crippen LogP contribution in [0.4, 0.5) is 8.78 Å². The van der Waals surface area contributed by atoms with Gasteiger partial charge in [0.1, 0.15) is 0 Å². The number of aliphatic hydroxyl groups excluding tert-OH is 1. The lowest BCUT2D eigenvalue weighted by Crippen LogP contribution is -2.11. The summed E-state index contributed by atoms with van der Waals surface area (Å²) in [5.41, 5.74) is -0.214. The molecule has 1 aromatic carbocycles. The maximum absolute atomic E-state index is 12.8. The van der Waals surface area contributed by atoms with Gasteiger partial charge in [0.25, 0.3) is 0 Å². The first-order valence-electron chi connectivity index (χ1n) is 3.80. The Morgan fingerprint density at radius 1 is 1.43 bits per heavy atom. The van der Waals surface area contributed by atoms with Gasteiger partial charge < -0.3 is 10.2 Å². The molecule has 76 valence electrons. The lowest BCUT2D eigenvalue weighted by atomic mass is 10.1. The van der Waals surface area contributed by atoms with Gasteiger partial charge in [-0.25, -0.2) is 13.6 Å². The van der Waals surface area contributed by atoms with E-state index in [4.69, 9.17) is 10.2 Å². The van der Waals surface area contributed by atoms with Crippen LogP contribution in [0.3, 0.4) is 0 Å². The largest absolute Gasteiger partial charge is 0.479 e. The summed E-state index contributed by atoms with van der Waals surface area (Å²) < 4.78 is 25.6. The number of carboxylic acids is 1. The summed E-state index contributed by atoms with van der Waals surface area (Å²) in [6, 6.07) is 1.76. The van der Waals surface area contributed by atoms with E-state index in [9.17, 15) is 13.6 Å². The Balaban J connectivity index is 3.19. The van der Waals surface area contributed by atoms with Crippen molar-refractivity contribution in [1.29, 1.82) is 0 Å². The molecule has 14 heavy (non-hydrogen) atoms. The fourth-order valence-corrected chi connectivity index (χ4v) is 1.05. The van der Waals surface area contributed by atoms with Crippen LogP contribution >= 0.6 is 0 Å². The van der Waals surface area contributed by atoms with Crippen molar-refractivity contribution in [3.63, 3.8) is 0 Å². The zero-order chi connectivity index (χ0) is 10.9. The maximum Gasteiger partial charge on any atom is 0.337 e. The minimum Gasteiger partial charge on any atom is -0.479 e. The first-order chi connectivity index (χ1) is 6.43. The molecule has 2 N–H and O–H groups in total. The van der Waals surface area contributed by atoms with Gasteiger partial charge in [-0.2, -0.15) is 0 Å². The molecular formula is C9H8F2O3. The quantitative estimate of drug-likeness (QED) is 0.761. The molecule has 0 radical (unpaired) electrons. The molecule has 0 heterocycles. The summed E-state index contributed by atoms with van der Waals surface area (Å²) in [7, 11) is 0. The molecule has 1 unspecified atom stereocenters. The van der Waals surface area contributed by atoms with Crippen molar-refractivity contribution in [1.82, 2.24) is 0 Å². The van der Waals surface area contributed by atoms with Crippen LogP contribution in [0.5, 0.6) is 0 Å². The molecule has 0 saturated carbocycles. The highest BCUT2D eigenvalue weighted by atomic mass is 19.2. The van der Waals surface area contributed by atoms with Crippen LogP contribution < -0.4 is 0 Å². The second-order valence-corrected chi connectivity index (χ2v) is 2.87. The number of benzene rings is 1. The second-order valence-electron chi connectivity index (χ2n) is 2.87. The first-order valence-corrected chi connectivity index (χ1v) is 3.80. The minimum atomic E-state index is -1.83. The zero-order valence-corrected chi connectivity index (χ0v) is 7.29. The predicted octanol–water partition coefficient (Wildman–Crippen LogP) is 1.39. The van der Waals surface area contributed by atoms with Crippen molar-refractivity contribution in [2.75, 3.05) is 0 Å². The Morgan fingerprint density at radius 2 is 2.00 bits per heavy atom. The highest BCUT2D eigenvalue weighted by molar-refractivity contribution is 5.74. The third-order valence-corrected chi connectivity index (χ3v) is 1.78.